The van der Waals surface area contributed by atoms with Crippen LogP contribution in [0.1, 0.15) is 42.1 Å². The van der Waals surface area contributed by atoms with Crippen molar-refractivity contribution in [2.75, 3.05) is 25.5 Å². The van der Waals surface area contributed by atoms with Gasteiger partial charge in [0.1, 0.15) is 5.03 Å². The number of rotatable bonds is 8. The molecule has 3 aromatic rings. The Morgan fingerprint density at radius 3 is 2.82 bits per heavy atom. The second-order valence-electron chi connectivity index (χ2n) is 9.19. The molecule has 3 N–H and O–H groups in total. The van der Waals surface area contributed by atoms with Crippen molar-refractivity contribution in [2.24, 2.45) is 13.0 Å². The van der Waals surface area contributed by atoms with Crippen molar-refractivity contribution < 1.29 is 18.0 Å². The molecule has 0 saturated heterocycles. The largest absolute Gasteiger partial charge is 0.447 e. The van der Waals surface area contributed by atoms with E-state index in [1.54, 1.807) is 31.6 Å². The highest BCUT2D eigenvalue weighted by Crippen LogP contribution is 2.41. The molecule has 0 bridgehead atoms. The molecule has 3 heterocycles. The van der Waals surface area contributed by atoms with E-state index in [9.17, 15) is 18.0 Å². The maximum atomic E-state index is 13.5. The normalized spacial score (nSPS) is 17.6. The number of thioether (sulfide) groups is 1. The van der Waals surface area contributed by atoms with Gasteiger partial charge in [-0.1, -0.05) is 24.8 Å². The standard InChI is InChI=1S/C27H31F3N6OS/c1-4-18-9-10-22(20(13-18)15-31-2)34-23-8-6-12-36-24(23)14-19(26(36)38-27(28,29)30)7-5-11-32-25(37)21-16-33-35(3)17-21/h6,8,12-14,16-18,22,31,34H,4,9-11,15H2,1-3H3,(H,32,37)/t18-,22+/m0/s1. The zero-order valence-electron chi connectivity index (χ0n) is 21.5. The molecule has 0 aromatic carbocycles. The summed E-state index contributed by atoms with van der Waals surface area (Å²) < 4.78 is 43.5. The highest BCUT2D eigenvalue weighted by atomic mass is 32.2. The molecule has 11 heteroatoms. The second-order valence-corrected chi connectivity index (χ2v) is 10.2. The summed E-state index contributed by atoms with van der Waals surface area (Å²) >= 11 is -0.193. The van der Waals surface area contributed by atoms with Gasteiger partial charge in [-0.15, -0.1) is 0 Å². The van der Waals surface area contributed by atoms with Crippen LogP contribution in [0.15, 0.2) is 53.5 Å². The average Bonchev–Trinajstić information content (AvgIpc) is 3.46. The average molecular weight is 545 g/mol. The first kappa shape index (κ1) is 27.7. The molecule has 1 aliphatic rings. The van der Waals surface area contributed by atoms with Crippen molar-refractivity contribution in [1.29, 1.82) is 0 Å². The Labute approximate surface area is 224 Å². The maximum Gasteiger partial charge on any atom is 0.447 e. The molecule has 0 unspecified atom stereocenters. The minimum atomic E-state index is -4.48. The number of aromatic nitrogens is 3. The fourth-order valence-electron chi connectivity index (χ4n) is 4.63. The van der Waals surface area contributed by atoms with Crippen LogP contribution in [-0.4, -0.2) is 51.8 Å². The number of pyridine rings is 1. The summed E-state index contributed by atoms with van der Waals surface area (Å²) in [5.41, 5.74) is -1.23. The molecule has 7 nitrogen and oxygen atoms in total. The molecular formula is C27H31F3N6OS. The van der Waals surface area contributed by atoms with Crippen molar-refractivity contribution in [3.63, 3.8) is 0 Å². The van der Waals surface area contributed by atoms with Gasteiger partial charge in [-0.2, -0.15) is 18.3 Å². The van der Waals surface area contributed by atoms with Crippen molar-refractivity contribution in [1.82, 2.24) is 24.8 Å². The molecule has 38 heavy (non-hydrogen) atoms. The van der Waals surface area contributed by atoms with Crippen molar-refractivity contribution in [3.05, 3.63) is 59.6 Å². The third-order valence-corrected chi connectivity index (χ3v) is 7.30. The number of alkyl halides is 3. The SMILES string of the molecule is CC[C@@H]1C=C(CNC)[C@H](Nc2cccn3c(SC(F)(F)F)c(C#CCNC(=O)c4cnn(C)c4)cc23)CC1. The van der Waals surface area contributed by atoms with Crippen molar-refractivity contribution in [3.8, 4) is 11.8 Å². The smallest absolute Gasteiger partial charge is 0.377 e. The fourth-order valence-corrected chi connectivity index (χ4v) is 5.33. The Hall–Kier alpha value is -3.36. The number of anilines is 1. The molecule has 0 saturated carbocycles. The van der Waals surface area contributed by atoms with Gasteiger partial charge in [0.05, 0.1) is 35.1 Å². The Balaban J connectivity index is 1.61. The summed E-state index contributed by atoms with van der Waals surface area (Å²) in [4.78, 5) is 12.2. The van der Waals surface area contributed by atoms with E-state index in [1.165, 1.54) is 20.9 Å². The van der Waals surface area contributed by atoms with Crippen LogP contribution in [0.5, 0.6) is 0 Å². The van der Waals surface area contributed by atoms with Crippen LogP contribution in [0.25, 0.3) is 5.52 Å². The predicted octanol–water partition coefficient (Wildman–Crippen LogP) is 4.81. The quantitative estimate of drug-likeness (QED) is 0.216. The van der Waals surface area contributed by atoms with Crippen LogP contribution in [0, 0.1) is 17.8 Å². The summed E-state index contributed by atoms with van der Waals surface area (Å²) in [7, 11) is 3.61. The van der Waals surface area contributed by atoms with Gasteiger partial charge in [-0.25, -0.2) is 0 Å². The summed E-state index contributed by atoms with van der Waals surface area (Å²) in [6, 6.07) is 5.37. The number of carbonyl (C=O) groups is 1. The van der Waals surface area contributed by atoms with E-state index in [0.29, 0.717) is 17.0 Å². The molecule has 2 atom stereocenters. The highest BCUT2D eigenvalue weighted by Gasteiger charge is 2.32. The van der Waals surface area contributed by atoms with E-state index in [2.05, 4.69) is 45.9 Å². The number of likely N-dealkylation sites (N-methyl/N-ethyl adjacent to an activating group) is 1. The van der Waals surface area contributed by atoms with Gasteiger partial charge < -0.3 is 20.4 Å². The number of amides is 1. The van der Waals surface area contributed by atoms with E-state index >= 15 is 0 Å². The summed E-state index contributed by atoms with van der Waals surface area (Å²) in [5, 5.41) is 13.4. The lowest BCUT2D eigenvalue weighted by molar-refractivity contribution is -0.0329. The lowest BCUT2D eigenvalue weighted by Crippen LogP contribution is -2.31. The Morgan fingerprint density at radius 1 is 1.32 bits per heavy atom. The van der Waals surface area contributed by atoms with Gasteiger partial charge >= 0.3 is 5.51 Å². The Bertz CT molecular complexity index is 1380. The van der Waals surface area contributed by atoms with Crippen LogP contribution in [0.3, 0.4) is 0 Å². The van der Waals surface area contributed by atoms with Crippen molar-refractivity contribution >= 4 is 28.9 Å². The summed E-state index contributed by atoms with van der Waals surface area (Å²) in [5.74, 6) is 5.81. The first-order valence-electron chi connectivity index (χ1n) is 12.5. The molecule has 0 spiro atoms. The van der Waals surface area contributed by atoms with Crippen molar-refractivity contribution in [2.45, 2.75) is 42.8 Å². The van der Waals surface area contributed by atoms with Gasteiger partial charge in [-0.05, 0) is 56.0 Å². The number of carbonyl (C=O) groups excluding carboxylic acids is 1. The van der Waals surface area contributed by atoms with Crippen LogP contribution in [0.2, 0.25) is 0 Å². The topological polar surface area (TPSA) is 75.4 Å². The lowest BCUT2D eigenvalue weighted by atomic mass is 9.85. The monoisotopic (exact) mass is 544 g/mol. The van der Waals surface area contributed by atoms with E-state index in [4.69, 9.17) is 0 Å². The van der Waals surface area contributed by atoms with Crippen LogP contribution in [-0.2, 0) is 7.05 Å². The van der Waals surface area contributed by atoms with Crippen LogP contribution in [0.4, 0.5) is 18.9 Å². The number of aryl methyl sites for hydroxylation is 1. The third kappa shape index (κ3) is 6.74. The number of nitrogens with one attached hydrogen (secondary N) is 3. The molecule has 0 aliphatic heterocycles. The molecule has 0 fully saturated rings. The van der Waals surface area contributed by atoms with Gasteiger partial charge in [0.25, 0.3) is 5.91 Å². The van der Waals surface area contributed by atoms with Gasteiger partial charge in [0, 0.05) is 43.8 Å². The first-order chi connectivity index (χ1) is 18.2. The number of nitrogens with zero attached hydrogens (tertiary/aromatic N) is 3. The van der Waals surface area contributed by atoms with Gasteiger partial charge in [0.2, 0.25) is 0 Å². The van der Waals surface area contributed by atoms with Crippen LogP contribution >= 0.6 is 11.8 Å². The van der Waals surface area contributed by atoms with E-state index in [0.717, 1.165) is 31.5 Å². The molecule has 202 valence electrons. The predicted molar refractivity (Wildman–Crippen MR) is 144 cm³/mol. The number of allylic oxidation sites excluding steroid dienone is 1. The Kier molecular flexibility index (Phi) is 8.74. The molecule has 3 aromatic heterocycles. The summed E-state index contributed by atoms with van der Waals surface area (Å²) in [6.07, 6.45) is 10.0. The zero-order chi connectivity index (χ0) is 27.3. The number of hydrogen-bond acceptors (Lipinski definition) is 5. The minimum Gasteiger partial charge on any atom is -0.377 e. The fraction of sp³-hybridized carbons (Fsp3) is 0.407. The number of halogens is 3. The minimum absolute atomic E-state index is 0.0112. The Morgan fingerprint density at radius 2 is 2.13 bits per heavy atom. The van der Waals surface area contributed by atoms with E-state index < -0.39 is 5.51 Å². The molecule has 4 rings (SSSR count). The van der Waals surface area contributed by atoms with Gasteiger partial charge in [-0.3, -0.25) is 9.48 Å². The molecule has 1 aliphatic carbocycles. The zero-order valence-corrected chi connectivity index (χ0v) is 22.3. The molecule has 1 amide bonds. The first-order valence-corrected chi connectivity index (χ1v) is 13.3. The lowest BCUT2D eigenvalue weighted by Gasteiger charge is -2.30. The highest BCUT2D eigenvalue weighted by molar-refractivity contribution is 8.00. The number of hydrogen-bond donors (Lipinski definition) is 3. The summed E-state index contributed by atoms with van der Waals surface area (Å²) in [6.45, 7) is 2.91. The third-order valence-electron chi connectivity index (χ3n) is 6.46. The second kappa shape index (κ2) is 12.0. The van der Waals surface area contributed by atoms with E-state index in [1.807, 2.05) is 13.1 Å². The molecule has 0 radical (unpaired) electrons. The van der Waals surface area contributed by atoms with Gasteiger partial charge in [0.15, 0.2) is 0 Å². The van der Waals surface area contributed by atoms with Crippen LogP contribution < -0.4 is 16.0 Å². The molecular weight excluding hydrogens is 513 g/mol. The number of fused-ring (bicyclic) bond motifs is 1. The van der Waals surface area contributed by atoms with E-state index in [-0.39, 0.29) is 40.8 Å². The maximum absolute atomic E-state index is 13.5.